The van der Waals surface area contributed by atoms with Crippen molar-refractivity contribution in [2.45, 2.75) is 18.9 Å². The first-order chi connectivity index (χ1) is 12.4. The third kappa shape index (κ3) is 3.78. The lowest BCUT2D eigenvalue weighted by molar-refractivity contribution is -0.00000621. The van der Waals surface area contributed by atoms with Crippen LogP contribution in [0.4, 0.5) is 0 Å². The van der Waals surface area contributed by atoms with Crippen LogP contribution in [0.1, 0.15) is 12.8 Å². The third-order valence-corrected chi connectivity index (χ3v) is 9.59. The average molecular weight is 427 g/mol. The molecular formula is C23H24BrOP. The van der Waals surface area contributed by atoms with Gasteiger partial charge in [0.1, 0.15) is 23.2 Å². The minimum atomic E-state index is -1.73. The molecule has 0 N–H and O–H groups in total. The van der Waals surface area contributed by atoms with Gasteiger partial charge in [-0.25, -0.2) is 0 Å². The first-order valence-corrected chi connectivity index (χ1v) is 11.0. The molecule has 3 heteroatoms. The van der Waals surface area contributed by atoms with Crippen molar-refractivity contribution in [1.82, 2.24) is 0 Å². The second-order valence-corrected chi connectivity index (χ2v) is 10.2. The molecule has 0 amide bonds. The normalized spacial score (nSPS) is 16.8. The molecule has 1 atom stereocenters. The van der Waals surface area contributed by atoms with Crippen molar-refractivity contribution in [3.8, 4) is 0 Å². The number of benzene rings is 3. The average Bonchev–Trinajstić information content (AvgIpc) is 3.21. The first kappa shape index (κ1) is 19.3. The van der Waals surface area contributed by atoms with E-state index in [-0.39, 0.29) is 17.0 Å². The Morgan fingerprint density at radius 3 is 1.46 bits per heavy atom. The SMILES string of the molecule is [Br-].c1ccc([P+](CC2CCCO2)(c2ccccc2)c2ccccc2)cc1. The summed E-state index contributed by atoms with van der Waals surface area (Å²) in [6, 6.07) is 33.2. The van der Waals surface area contributed by atoms with Crippen LogP contribution in [0, 0.1) is 0 Å². The number of rotatable bonds is 5. The van der Waals surface area contributed by atoms with Gasteiger partial charge in [0.05, 0.1) is 12.3 Å². The maximum atomic E-state index is 6.10. The van der Waals surface area contributed by atoms with Gasteiger partial charge in [0.25, 0.3) is 0 Å². The van der Waals surface area contributed by atoms with Crippen LogP contribution in [0.15, 0.2) is 91.0 Å². The molecule has 0 aliphatic carbocycles. The Morgan fingerprint density at radius 2 is 1.12 bits per heavy atom. The number of halogens is 1. The minimum absolute atomic E-state index is 0. The van der Waals surface area contributed by atoms with Crippen molar-refractivity contribution >= 4 is 23.2 Å². The second-order valence-electron chi connectivity index (χ2n) is 6.63. The zero-order valence-corrected chi connectivity index (χ0v) is 17.3. The Labute approximate surface area is 167 Å². The van der Waals surface area contributed by atoms with Crippen LogP contribution in [-0.2, 0) is 4.74 Å². The molecule has 1 nitrogen and oxygen atoms in total. The van der Waals surface area contributed by atoms with Gasteiger partial charge in [0, 0.05) is 6.61 Å². The van der Waals surface area contributed by atoms with Crippen molar-refractivity contribution < 1.29 is 21.7 Å². The molecule has 0 spiro atoms. The Kier molecular flexibility index (Phi) is 6.64. The van der Waals surface area contributed by atoms with Crippen LogP contribution in [-0.4, -0.2) is 18.9 Å². The van der Waals surface area contributed by atoms with Crippen LogP contribution in [0.3, 0.4) is 0 Å². The zero-order chi connectivity index (χ0) is 17.0. The molecule has 0 aromatic heterocycles. The number of hydrogen-bond donors (Lipinski definition) is 0. The summed E-state index contributed by atoms with van der Waals surface area (Å²) >= 11 is 0. The van der Waals surface area contributed by atoms with E-state index < -0.39 is 7.26 Å². The van der Waals surface area contributed by atoms with Gasteiger partial charge in [-0.3, -0.25) is 0 Å². The van der Waals surface area contributed by atoms with Gasteiger partial charge in [-0.05, 0) is 49.2 Å². The van der Waals surface area contributed by atoms with Crippen LogP contribution >= 0.6 is 7.26 Å². The Bertz CT molecular complexity index is 690. The van der Waals surface area contributed by atoms with Crippen molar-refractivity contribution in [2.24, 2.45) is 0 Å². The van der Waals surface area contributed by atoms with Crippen molar-refractivity contribution in [3.05, 3.63) is 91.0 Å². The summed E-state index contributed by atoms with van der Waals surface area (Å²) in [5.41, 5.74) is 0. The van der Waals surface area contributed by atoms with E-state index in [1.54, 1.807) is 0 Å². The maximum Gasteiger partial charge on any atom is 0.114 e. The molecule has 134 valence electrons. The quantitative estimate of drug-likeness (QED) is 0.556. The number of ether oxygens (including phenoxy) is 1. The van der Waals surface area contributed by atoms with E-state index in [1.807, 2.05) is 0 Å². The second kappa shape index (κ2) is 8.95. The molecule has 3 aromatic rings. The smallest absolute Gasteiger partial charge is 0.114 e. The Hall–Kier alpha value is -1.47. The monoisotopic (exact) mass is 426 g/mol. The standard InChI is InChI=1S/C23H24OP.BrH/c1-4-12-21(13-5-1)25(19-20-11-10-18-24-20,22-14-6-2-7-15-22)23-16-8-3-9-17-23;/h1-9,12-17,20H,10-11,18-19H2;1H/q+1;/p-1. The van der Waals surface area contributed by atoms with Gasteiger partial charge in [-0.15, -0.1) is 0 Å². The van der Waals surface area contributed by atoms with E-state index in [2.05, 4.69) is 91.0 Å². The summed E-state index contributed by atoms with van der Waals surface area (Å²) in [6.45, 7) is 0.906. The molecule has 4 rings (SSSR count). The highest BCUT2D eigenvalue weighted by atomic mass is 79.9. The third-order valence-electron chi connectivity index (χ3n) is 5.09. The summed E-state index contributed by atoms with van der Waals surface area (Å²) in [4.78, 5) is 0. The van der Waals surface area contributed by atoms with Gasteiger partial charge in [-0.2, -0.15) is 0 Å². The highest BCUT2D eigenvalue weighted by Gasteiger charge is 2.47. The summed E-state index contributed by atoms with van der Waals surface area (Å²) in [6.07, 6.45) is 3.80. The largest absolute Gasteiger partial charge is 1.00 e. The summed E-state index contributed by atoms with van der Waals surface area (Å²) in [5.74, 6) is 0. The summed E-state index contributed by atoms with van der Waals surface area (Å²) in [7, 11) is -1.73. The van der Waals surface area contributed by atoms with Crippen LogP contribution in [0.5, 0.6) is 0 Å². The molecule has 0 radical (unpaired) electrons. The van der Waals surface area contributed by atoms with E-state index in [1.165, 1.54) is 28.8 Å². The Morgan fingerprint density at radius 1 is 0.692 bits per heavy atom. The molecule has 1 aliphatic rings. The zero-order valence-electron chi connectivity index (χ0n) is 14.8. The van der Waals surface area contributed by atoms with E-state index in [9.17, 15) is 0 Å². The molecule has 1 aliphatic heterocycles. The molecule has 3 aromatic carbocycles. The van der Waals surface area contributed by atoms with Gasteiger partial charge >= 0.3 is 0 Å². The summed E-state index contributed by atoms with van der Waals surface area (Å²) in [5, 5.41) is 4.34. The maximum absolute atomic E-state index is 6.10. The molecule has 1 unspecified atom stereocenters. The van der Waals surface area contributed by atoms with Crippen LogP contribution in [0.2, 0.25) is 0 Å². The molecule has 0 bridgehead atoms. The van der Waals surface area contributed by atoms with Crippen LogP contribution < -0.4 is 32.9 Å². The fourth-order valence-corrected chi connectivity index (χ4v) is 8.37. The fourth-order valence-electron chi connectivity index (χ4n) is 3.90. The predicted octanol–water partition coefficient (Wildman–Crippen LogP) is 1.16. The topological polar surface area (TPSA) is 9.23 Å². The molecule has 1 saturated heterocycles. The van der Waals surface area contributed by atoms with E-state index in [0.29, 0.717) is 6.10 Å². The minimum Gasteiger partial charge on any atom is -1.00 e. The molecular weight excluding hydrogens is 403 g/mol. The highest BCUT2D eigenvalue weighted by molar-refractivity contribution is 7.95. The predicted molar refractivity (Wildman–Crippen MR) is 109 cm³/mol. The van der Waals surface area contributed by atoms with Crippen molar-refractivity contribution in [1.29, 1.82) is 0 Å². The number of hydrogen-bond acceptors (Lipinski definition) is 1. The Balaban J connectivity index is 0.00000196. The molecule has 0 saturated carbocycles. The van der Waals surface area contributed by atoms with E-state index >= 15 is 0 Å². The van der Waals surface area contributed by atoms with Crippen molar-refractivity contribution in [2.75, 3.05) is 12.8 Å². The van der Waals surface area contributed by atoms with Crippen molar-refractivity contribution in [3.63, 3.8) is 0 Å². The first-order valence-electron chi connectivity index (χ1n) is 9.06. The van der Waals surface area contributed by atoms with Gasteiger partial charge in [0.2, 0.25) is 0 Å². The van der Waals surface area contributed by atoms with Gasteiger partial charge in [0.15, 0.2) is 0 Å². The van der Waals surface area contributed by atoms with Gasteiger partial charge < -0.3 is 21.7 Å². The van der Waals surface area contributed by atoms with Gasteiger partial charge in [-0.1, -0.05) is 54.6 Å². The highest BCUT2D eigenvalue weighted by Crippen LogP contribution is 2.56. The van der Waals surface area contributed by atoms with E-state index in [4.69, 9.17) is 4.74 Å². The van der Waals surface area contributed by atoms with Crippen LogP contribution in [0.25, 0.3) is 0 Å². The van der Waals surface area contributed by atoms with E-state index in [0.717, 1.165) is 12.8 Å². The lowest BCUT2D eigenvalue weighted by Crippen LogP contribution is -3.00. The molecule has 26 heavy (non-hydrogen) atoms. The molecule has 1 fully saturated rings. The fraction of sp³-hybridized carbons (Fsp3) is 0.217. The lowest BCUT2D eigenvalue weighted by atomic mass is 10.3. The molecule has 1 heterocycles. The lowest BCUT2D eigenvalue weighted by Gasteiger charge is -2.29. The summed E-state index contributed by atoms with van der Waals surface area (Å²) < 4.78 is 6.10.